The number of carbonyl (C=O) groups is 1. The van der Waals surface area contributed by atoms with Crippen LogP contribution in [0.1, 0.15) is 35.2 Å². The first-order valence-corrected chi connectivity index (χ1v) is 8.32. The molecule has 1 heterocycles. The van der Waals surface area contributed by atoms with Gasteiger partial charge >= 0.3 is 6.03 Å². The molecule has 3 atom stereocenters. The number of anilines is 1. The number of carbonyl (C=O) groups excluding carboxylic acids is 1. The molecule has 0 aromatic heterocycles. The van der Waals surface area contributed by atoms with Crippen molar-refractivity contribution in [2.75, 3.05) is 12.4 Å². The second kappa shape index (κ2) is 4.48. The number of hydrogen-bond donors (Lipinski definition) is 1. The third-order valence-electron chi connectivity index (χ3n) is 5.14. The Hall–Kier alpha value is -1.03. The monoisotopic (exact) mass is 334 g/mol. The Morgan fingerprint density at radius 1 is 1.30 bits per heavy atom. The van der Waals surface area contributed by atoms with Gasteiger partial charge in [-0.25, -0.2) is 4.79 Å². The van der Waals surface area contributed by atoms with Gasteiger partial charge in [-0.3, -0.25) is 0 Å². The van der Waals surface area contributed by atoms with Crippen LogP contribution in [-0.4, -0.2) is 18.0 Å². The van der Waals surface area contributed by atoms with Gasteiger partial charge in [0, 0.05) is 24.1 Å². The molecular formula is C16H19BrN2O. The second-order valence-corrected chi connectivity index (χ2v) is 7.58. The highest BCUT2D eigenvalue weighted by molar-refractivity contribution is 9.09. The summed E-state index contributed by atoms with van der Waals surface area (Å²) in [5, 5.41) is 2.93. The molecule has 0 saturated heterocycles. The van der Waals surface area contributed by atoms with Gasteiger partial charge in [0.2, 0.25) is 0 Å². The molecule has 1 aromatic carbocycles. The zero-order valence-corrected chi connectivity index (χ0v) is 13.2. The predicted molar refractivity (Wildman–Crippen MR) is 82.9 cm³/mol. The number of nitrogens with one attached hydrogen (secondary N) is 1. The molecule has 3 nitrogen and oxygen atoms in total. The third kappa shape index (κ3) is 2.05. The Balaban J connectivity index is 1.57. The Morgan fingerprint density at radius 3 is 2.80 bits per heavy atom. The van der Waals surface area contributed by atoms with Crippen LogP contribution in [0.25, 0.3) is 0 Å². The quantitative estimate of drug-likeness (QED) is 0.809. The Bertz CT molecular complexity index is 564. The molecule has 2 fully saturated rings. The average molecular weight is 335 g/mol. The van der Waals surface area contributed by atoms with E-state index in [1.165, 1.54) is 30.4 Å². The molecule has 20 heavy (non-hydrogen) atoms. The van der Waals surface area contributed by atoms with Crippen molar-refractivity contribution < 1.29 is 4.79 Å². The van der Waals surface area contributed by atoms with Gasteiger partial charge in [0.05, 0.1) is 0 Å². The first-order valence-electron chi connectivity index (χ1n) is 7.41. The van der Waals surface area contributed by atoms with E-state index in [4.69, 9.17) is 0 Å². The lowest BCUT2D eigenvalue weighted by molar-refractivity contribution is 0.218. The maximum atomic E-state index is 11.6. The van der Waals surface area contributed by atoms with E-state index in [2.05, 4.69) is 39.4 Å². The van der Waals surface area contributed by atoms with Gasteiger partial charge in [0.25, 0.3) is 0 Å². The fourth-order valence-corrected chi connectivity index (χ4v) is 4.57. The molecule has 0 bridgehead atoms. The average Bonchev–Trinajstić information content (AvgIpc) is 3.05. The maximum absolute atomic E-state index is 11.6. The van der Waals surface area contributed by atoms with Crippen molar-refractivity contribution in [3.8, 4) is 0 Å². The number of amides is 2. The fourth-order valence-electron chi connectivity index (χ4n) is 3.85. The molecule has 2 aliphatic carbocycles. The summed E-state index contributed by atoms with van der Waals surface area (Å²) in [6.45, 7) is 0.699. The van der Waals surface area contributed by atoms with Gasteiger partial charge in [0.15, 0.2) is 0 Å². The standard InChI is InChI=1S/C16H19BrN2O/c1-19-8-13-4-9(2-3-14(13)18-16(19)20)15(17)12-6-10-5-11(10)7-12/h2-4,10-12,15H,5-8H2,1H3,(H,18,20). The maximum Gasteiger partial charge on any atom is 0.321 e. The summed E-state index contributed by atoms with van der Waals surface area (Å²) < 4.78 is 0. The summed E-state index contributed by atoms with van der Waals surface area (Å²) in [5.41, 5.74) is 3.54. The summed E-state index contributed by atoms with van der Waals surface area (Å²) in [7, 11) is 1.83. The Labute approximate surface area is 127 Å². The minimum absolute atomic E-state index is 0.0171. The van der Waals surface area contributed by atoms with E-state index >= 15 is 0 Å². The molecule has 3 unspecified atom stereocenters. The SMILES string of the molecule is CN1Cc2cc(C(Br)C3CC4CC4C3)ccc2NC1=O. The highest BCUT2D eigenvalue weighted by Gasteiger charge is 2.47. The molecule has 2 saturated carbocycles. The number of alkyl halides is 1. The van der Waals surface area contributed by atoms with Crippen LogP contribution in [0.5, 0.6) is 0 Å². The summed E-state index contributed by atoms with van der Waals surface area (Å²) in [6.07, 6.45) is 4.24. The minimum Gasteiger partial charge on any atom is -0.323 e. The molecule has 1 aromatic rings. The van der Waals surface area contributed by atoms with Crippen molar-refractivity contribution in [3.05, 3.63) is 29.3 Å². The zero-order valence-electron chi connectivity index (χ0n) is 11.6. The molecule has 0 radical (unpaired) electrons. The smallest absolute Gasteiger partial charge is 0.321 e. The van der Waals surface area contributed by atoms with Crippen LogP contribution in [0.15, 0.2) is 18.2 Å². The lowest BCUT2D eigenvalue weighted by Gasteiger charge is -2.27. The van der Waals surface area contributed by atoms with Gasteiger partial charge in [-0.2, -0.15) is 0 Å². The zero-order chi connectivity index (χ0) is 13.9. The molecular weight excluding hydrogens is 316 g/mol. The van der Waals surface area contributed by atoms with Gasteiger partial charge in [-0.05, 0) is 54.2 Å². The molecule has 4 rings (SSSR count). The number of fused-ring (bicyclic) bond motifs is 2. The van der Waals surface area contributed by atoms with Crippen LogP contribution in [0, 0.1) is 17.8 Å². The van der Waals surface area contributed by atoms with E-state index in [0.29, 0.717) is 11.4 Å². The topological polar surface area (TPSA) is 32.3 Å². The number of rotatable bonds is 2. The number of urea groups is 1. The van der Waals surface area contributed by atoms with Gasteiger partial charge < -0.3 is 10.2 Å². The van der Waals surface area contributed by atoms with Crippen LogP contribution >= 0.6 is 15.9 Å². The molecule has 0 spiro atoms. The summed E-state index contributed by atoms with van der Waals surface area (Å²) >= 11 is 3.91. The first-order chi connectivity index (χ1) is 9.61. The second-order valence-electron chi connectivity index (χ2n) is 6.59. The van der Waals surface area contributed by atoms with Crippen molar-refractivity contribution in [3.63, 3.8) is 0 Å². The largest absolute Gasteiger partial charge is 0.323 e. The van der Waals surface area contributed by atoms with Crippen LogP contribution in [0.4, 0.5) is 10.5 Å². The van der Waals surface area contributed by atoms with Crippen molar-refractivity contribution in [1.82, 2.24) is 4.90 Å². The number of hydrogen-bond acceptors (Lipinski definition) is 1. The number of nitrogens with zero attached hydrogens (tertiary/aromatic N) is 1. The van der Waals surface area contributed by atoms with Crippen LogP contribution < -0.4 is 5.32 Å². The van der Waals surface area contributed by atoms with Gasteiger partial charge in [-0.15, -0.1) is 0 Å². The Kier molecular flexibility index (Phi) is 2.85. The van der Waals surface area contributed by atoms with E-state index < -0.39 is 0 Å². The molecule has 4 heteroatoms. The number of halogens is 1. The molecule has 3 aliphatic rings. The molecule has 1 N–H and O–H groups in total. The van der Waals surface area contributed by atoms with E-state index in [9.17, 15) is 4.79 Å². The van der Waals surface area contributed by atoms with E-state index in [0.717, 1.165) is 23.4 Å². The van der Waals surface area contributed by atoms with Crippen molar-refractivity contribution >= 4 is 27.6 Å². The van der Waals surface area contributed by atoms with Crippen molar-refractivity contribution in [2.45, 2.75) is 30.6 Å². The van der Waals surface area contributed by atoms with E-state index in [1.54, 1.807) is 4.90 Å². The van der Waals surface area contributed by atoms with Crippen molar-refractivity contribution in [1.29, 1.82) is 0 Å². The molecule has 106 valence electrons. The number of benzene rings is 1. The summed E-state index contributed by atoms with van der Waals surface area (Å²) in [5.74, 6) is 2.82. The summed E-state index contributed by atoms with van der Waals surface area (Å²) in [4.78, 5) is 13.8. The van der Waals surface area contributed by atoms with Gasteiger partial charge in [0.1, 0.15) is 0 Å². The molecule has 2 amide bonds. The van der Waals surface area contributed by atoms with Gasteiger partial charge in [-0.1, -0.05) is 28.1 Å². The van der Waals surface area contributed by atoms with Crippen molar-refractivity contribution in [2.24, 2.45) is 17.8 Å². The van der Waals surface area contributed by atoms with E-state index in [-0.39, 0.29) is 6.03 Å². The molecule has 1 aliphatic heterocycles. The lowest BCUT2D eigenvalue weighted by Crippen LogP contribution is -2.35. The summed E-state index contributed by atoms with van der Waals surface area (Å²) in [6, 6.07) is 6.46. The third-order valence-corrected chi connectivity index (χ3v) is 6.41. The highest BCUT2D eigenvalue weighted by atomic mass is 79.9. The Morgan fingerprint density at radius 2 is 2.05 bits per heavy atom. The first kappa shape index (κ1) is 12.7. The predicted octanol–water partition coefficient (Wildman–Crippen LogP) is 4.15. The highest BCUT2D eigenvalue weighted by Crippen LogP contribution is 2.58. The minimum atomic E-state index is -0.0171. The normalized spacial score (nSPS) is 32.4. The van der Waals surface area contributed by atoms with E-state index in [1.807, 2.05) is 7.05 Å². The lowest BCUT2D eigenvalue weighted by atomic mass is 9.93. The van der Waals surface area contributed by atoms with Crippen LogP contribution in [-0.2, 0) is 6.54 Å². The van der Waals surface area contributed by atoms with Crippen LogP contribution in [0.2, 0.25) is 0 Å². The van der Waals surface area contributed by atoms with Crippen LogP contribution in [0.3, 0.4) is 0 Å². The fraction of sp³-hybridized carbons (Fsp3) is 0.562.